The topological polar surface area (TPSA) is 54.8 Å². The minimum atomic E-state index is -0.00325. The number of hydrogen-bond acceptors (Lipinski definition) is 5. The molecule has 6 heteroatoms. The second-order valence-corrected chi connectivity index (χ2v) is 7.72. The monoisotopic (exact) mass is 337 g/mol. The Morgan fingerprint density at radius 1 is 1.35 bits per heavy atom. The van der Waals surface area contributed by atoms with E-state index in [1.165, 1.54) is 12.8 Å². The van der Waals surface area contributed by atoms with E-state index >= 15 is 0 Å². The molecule has 5 nitrogen and oxygen atoms in total. The SMILES string of the molecule is C/C(=N\OCC(=O)N(C)C1CCC(C)CC1)c1sc(C)nc1C. The summed E-state index contributed by atoms with van der Waals surface area (Å²) in [5.74, 6) is 0.780. The molecule has 0 saturated heterocycles. The molecule has 0 aliphatic heterocycles. The van der Waals surface area contributed by atoms with E-state index in [0.717, 1.165) is 40.0 Å². The number of hydrogen-bond donors (Lipinski definition) is 0. The van der Waals surface area contributed by atoms with Gasteiger partial charge in [-0.1, -0.05) is 12.1 Å². The molecule has 1 heterocycles. The minimum absolute atomic E-state index is 0.00156. The van der Waals surface area contributed by atoms with Gasteiger partial charge in [-0.2, -0.15) is 0 Å². The van der Waals surface area contributed by atoms with Crippen molar-refractivity contribution in [3.05, 3.63) is 15.6 Å². The number of aryl methyl sites for hydroxylation is 2. The van der Waals surface area contributed by atoms with Gasteiger partial charge in [-0.05, 0) is 52.4 Å². The maximum atomic E-state index is 12.2. The predicted octanol–water partition coefficient (Wildman–Crippen LogP) is 3.54. The fourth-order valence-corrected chi connectivity index (χ4v) is 3.88. The Balaban J connectivity index is 1.84. The lowest BCUT2D eigenvalue weighted by atomic mass is 9.87. The van der Waals surface area contributed by atoms with Crippen LogP contribution in [0.4, 0.5) is 0 Å². The highest BCUT2D eigenvalue weighted by Gasteiger charge is 2.24. The average molecular weight is 337 g/mol. The van der Waals surface area contributed by atoms with Gasteiger partial charge in [0.05, 0.1) is 21.3 Å². The van der Waals surface area contributed by atoms with Gasteiger partial charge in [-0.15, -0.1) is 11.3 Å². The number of carbonyl (C=O) groups excluding carboxylic acids is 1. The van der Waals surface area contributed by atoms with Gasteiger partial charge in [0.1, 0.15) is 0 Å². The van der Waals surface area contributed by atoms with Crippen LogP contribution in [0.2, 0.25) is 0 Å². The zero-order chi connectivity index (χ0) is 17.0. The van der Waals surface area contributed by atoms with E-state index < -0.39 is 0 Å². The third kappa shape index (κ3) is 4.77. The minimum Gasteiger partial charge on any atom is -0.385 e. The molecule has 2 rings (SSSR count). The molecular formula is C17H27N3O2S. The average Bonchev–Trinajstić information content (AvgIpc) is 2.85. The number of amides is 1. The summed E-state index contributed by atoms with van der Waals surface area (Å²) in [5, 5.41) is 5.10. The van der Waals surface area contributed by atoms with Gasteiger partial charge in [-0.25, -0.2) is 4.98 Å². The van der Waals surface area contributed by atoms with Crippen LogP contribution in [0.1, 0.15) is 55.1 Å². The van der Waals surface area contributed by atoms with Gasteiger partial charge in [0.25, 0.3) is 5.91 Å². The Hall–Kier alpha value is -1.43. The standard InChI is InChI=1S/C17H27N3O2S/c1-11-6-8-15(9-7-11)20(5)16(21)10-22-19-13(3)17-12(2)18-14(4)23-17/h11,15H,6-10H2,1-5H3/b19-13+. The highest BCUT2D eigenvalue weighted by atomic mass is 32.1. The number of aromatic nitrogens is 1. The van der Waals surface area contributed by atoms with Crippen molar-refractivity contribution in [2.45, 2.75) is 59.4 Å². The van der Waals surface area contributed by atoms with Crippen LogP contribution < -0.4 is 0 Å². The molecule has 1 aliphatic carbocycles. The second kappa shape index (κ2) is 7.90. The number of rotatable bonds is 5. The lowest BCUT2D eigenvalue weighted by Gasteiger charge is -2.33. The van der Waals surface area contributed by atoms with E-state index in [4.69, 9.17) is 4.84 Å². The summed E-state index contributed by atoms with van der Waals surface area (Å²) in [6.07, 6.45) is 4.57. The van der Waals surface area contributed by atoms with Crippen LogP contribution in [-0.4, -0.2) is 41.2 Å². The molecule has 0 radical (unpaired) electrons. The number of nitrogens with zero attached hydrogens (tertiary/aromatic N) is 3. The lowest BCUT2D eigenvalue weighted by Crippen LogP contribution is -2.40. The Labute approximate surface area is 142 Å². The fraction of sp³-hybridized carbons (Fsp3) is 0.706. The third-order valence-corrected chi connectivity index (χ3v) is 5.73. The summed E-state index contributed by atoms with van der Waals surface area (Å²) >= 11 is 1.59. The third-order valence-electron chi connectivity index (χ3n) is 4.55. The molecule has 1 saturated carbocycles. The van der Waals surface area contributed by atoms with E-state index in [0.29, 0.717) is 6.04 Å². The first-order valence-corrected chi connectivity index (χ1v) is 9.06. The number of thiazole rings is 1. The van der Waals surface area contributed by atoms with Crippen molar-refractivity contribution < 1.29 is 9.63 Å². The van der Waals surface area contributed by atoms with E-state index in [-0.39, 0.29) is 12.5 Å². The van der Waals surface area contributed by atoms with Crippen molar-refractivity contribution in [3.8, 4) is 0 Å². The largest absolute Gasteiger partial charge is 0.385 e. The number of carbonyl (C=O) groups is 1. The molecule has 1 amide bonds. The van der Waals surface area contributed by atoms with E-state index in [1.54, 1.807) is 11.3 Å². The van der Waals surface area contributed by atoms with Crippen LogP contribution in [0.5, 0.6) is 0 Å². The first kappa shape index (κ1) is 17.9. The Bertz CT molecular complexity index is 574. The van der Waals surface area contributed by atoms with Crippen molar-refractivity contribution in [2.24, 2.45) is 11.1 Å². The highest BCUT2D eigenvalue weighted by Crippen LogP contribution is 2.26. The van der Waals surface area contributed by atoms with Crippen molar-refractivity contribution in [1.29, 1.82) is 0 Å². The molecule has 23 heavy (non-hydrogen) atoms. The summed E-state index contributed by atoms with van der Waals surface area (Å²) in [6, 6.07) is 0.346. The maximum absolute atomic E-state index is 12.2. The summed E-state index contributed by atoms with van der Waals surface area (Å²) < 4.78 is 0. The molecule has 0 aromatic carbocycles. The smallest absolute Gasteiger partial charge is 0.263 e. The van der Waals surface area contributed by atoms with Gasteiger partial charge in [-0.3, -0.25) is 4.79 Å². The van der Waals surface area contributed by atoms with Gasteiger partial charge in [0, 0.05) is 13.1 Å². The lowest BCUT2D eigenvalue weighted by molar-refractivity contribution is -0.137. The normalized spacial score (nSPS) is 22.0. The van der Waals surface area contributed by atoms with Crippen LogP contribution in [-0.2, 0) is 9.63 Å². The molecule has 1 fully saturated rings. The van der Waals surface area contributed by atoms with Crippen molar-refractivity contribution in [2.75, 3.05) is 13.7 Å². The fourth-order valence-electron chi connectivity index (χ4n) is 3.03. The number of oxime groups is 1. The van der Waals surface area contributed by atoms with E-state index in [1.807, 2.05) is 32.7 Å². The van der Waals surface area contributed by atoms with Gasteiger partial charge in [0.2, 0.25) is 0 Å². The van der Waals surface area contributed by atoms with Crippen LogP contribution in [0.15, 0.2) is 5.16 Å². The molecule has 0 bridgehead atoms. The van der Waals surface area contributed by atoms with E-state index in [2.05, 4.69) is 17.1 Å². The predicted molar refractivity (Wildman–Crippen MR) is 93.9 cm³/mol. The first-order chi connectivity index (χ1) is 10.9. The molecule has 0 unspecified atom stereocenters. The number of likely N-dealkylation sites (N-methyl/N-ethyl adjacent to an activating group) is 1. The zero-order valence-corrected chi connectivity index (χ0v) is 15.6. The maximum Gasteiger partial charge on any atom is 0.263 e. The quantitative estimate of drug-likeness (QED) is 0.610. The summed E-state index contributed by atoms with van der Waals surface area (Å²) in [4.78, 5) is 24.7. The van der Waals surface area contributed by atoms with Crippen LogP contribution in [0.25, 0.3) is 0 Å². The summed E-state index contributed by atoms with van der Waals surface area (Å²) in [7, 11) is 1.87. The highest BCUT2D eigenvalue weighted by molar-refractivity contribution is 7.13. The Kier molecular flexibility index (Phi) is 6.16. The van der Waals surface area contributed by atoms with Crippen LogP contribution in [0, 0.1) is 19.8 Å². The molecule has 1 aromatic heterocycles. The molecule has 0 N–H and O–H groups in total. The van der Waals surface area contributed by atoms with E-state index in [9.17, 15) is 4.79 Å². The summed E-state index contributed by atoms with van der Waals surface area (Å²) in [5.41, 5.74) is 1.73. The first-order valence-electron chi connectivity index (χ1n) is 8.25. The zero-order valence-electron chi connectivity index (χ0n) is 14.8. The summed E-state index contributed by atoms with van der Waals surface area (Å²) in [6.45, 7) is 8.09. The van der Waals surface area contributed by atoms with Crippen molar-refractivity contribution in [1.82, 2.24) is 9.88 Å². The van der Waals surface area contributed by atoms with Gasteiger partial charge < -0.3 is 9.74 Å². The molecule has 1 aliphatic rings. The molecular weight excluding hydrogens is 310 g/mol. The van der Waals surface area contributed by atoms with Gasteiger partial charge in [0.15, 0.2) is 6.61 Å². The molecule has 128 valence electrons. The molecule has 0 spiro atoms. The second-order valence-electron chi connectivity index (χ2n) is 6.52. The van der Waals surface area contributed by atoms with Crippen LogP contribution >= 0.6 is 11.3 Å². The van der Waals surface area contributed by atoms with Crippen molar-refractivity contribution >= 4 is 23.0 Å². The molecule has 0 atom stereocenters. The Morgan fingerprint density at radius 2 is 2.00 bits per heavy atom. The van der Waals surface area contributed by atoms with Crippen LogP contribution in [0.3, 0.4) is 0 Å². The van der Waals surface area contributed by atoms with Crippen molar-refractivity contribution in [3.63, 3.8) is 0 Å². The van der Waals surface area contributed by atoms with Gasteiger partial charge >= 0.3 is 0 Å². The molecule has 1 aromatic rings. The Morgan fingerprint density at radius 3 is 2.57 bits per heavy atom.